The lowest BCUT2D eigenvalue weighted by Crippen LogP contribution is -2.45. The second-order valence-electron chi connectivity index (χ2n) is 4.96. The zero-order valence-electron chi connectivity index (χ0n) is 11.2. The number of piperidine rings is 1. The molecule has 1 aliphatic rings. The summed E-state index contributed by atoms with van der Waals surface area (Å²) in [5, 5.41) is 3.04. The molecule has 2 amide bonds. The predicted molar refractivity (Wildman–Crippen MR) is 77.2 cm³/mol. The standard InChI is InChI=1S/C14H12ClN3O3/c1-7-16-10-3-2-8(15)6-9(10)14(21)18(7)11-4-5-12(19)17-13(11)20/h2-3,6,11H,4-5H2,1H3,(H,17,19,20). The Balaban J connectivity index is 2.21. The van der Waals surface area contributed by atoms with E-state index in [1.54, 1.807) is 19.1 Å². The highest BCUT2D eigenvalue weighted by molar-refractivity contribution is 6.31. The summed E-state index contributed by atoms with van der Waals surface area (Å²) in [6.07, 6.45) is 0.495. The number of nitrogens with zero attached hydrogens (tertiary/aromatic N) is 2. The van der Waals surface area contributed by atoms with Gasteiger partial charge < -0.3 is 0 Å². The molecule has 3 rings (SSSR count). The van der Waals surface area contributed by atoms with Crippen LogP contribution in [-0.2, 0) is 9.59 Å². The Morgan fingerprint density at radius 3 is 2.81 bits per heavy atom. The Bertz CT molecular complexity index is 828. The summed E-state index contributed by atoms with van der Waals surface area (Å²) in [5.74, 6) is -0.359. The van der Waals surface area contributed by atoms with Crippen LogP contribution in [0.2, 0.25) is 5.02 Å². The van der Waals surface area contributed by atoms with Crippen LogP contribution < -0.4 is 10.9 Å². The molecule has 1 N–H and O–H groups in total. The monoisotopic (exact) mass is 305 g/mol. The number of imide groups is 1. The average Bonchev–Trinajstić information content (AvgIpc) is 2.42. The quantitative estimate of drug-likeness (QED) is 0.806. The molecule has 1 saturated heterocycles. The van der Waals surface area contributed by atoms with Gasteiger partial charge >= 0.3 is 0 Å². The van der Waals surface area contributed by atoms with Crippen molar-refractivity contribution in [3.63, 3.8) is 0 Å². The maximum absolute atomic E-state index is 12.6. The number of carbonyl (C=O) groups is 2. The van der Waals surface area contributed by atoms with Crippen molar-refractivity contribution < 1.29 is 9.59 Å². The van der Waals surface area contributed by atoms with E-state index in [9.17, 15) is 14.4 Å². The number of carbonyl (C=O) groups excluding carboxylic acids is 2. The molecule has 1 fully saturated rings. The number of hydrogen-bond acceptors (Lipinski definition) is 4. The molecule has 0 saturated carbocycles. The third kappa shape index (κ3) is 2.31. The maximum atomic E-state index is 12.6. The van der Waals surface area contributed by atoms with E-state index in [1.807, 2.05) is 0 Å². The molecule has 1 atom stereocenters. The molecule has 1 aromatic carbocycles. The summed E-state index contributed by atoms with van der Waals surface area (Å²) in [6.45, 7) is 1.67. The lowest BCUT2D eigenvalue weighted by molar-refractivity contribution is -0.135. The summed E-state index contributed by atoms with van der Waals surface area (Å²) in [7, 11) is 0. The van der Waals surface area contributed by atoms with Crippen molar-refractivity contribution in [3.8, 4) is 0 Å². The maximum Gasteiger partial charge on any atom is 0.262 e. The molecular formula is C14H12ClN3O3. The molecule has 1 aliphatic heterocycles. The van der Waals surface area contributed by atoms with Crippen LogP contribution in [0.3, 0.4) is 0 Å². The first-order chi connectivity index (χ1) is 9.97. The minimum atomic E-state index is -0.717. The minimum absolute atomic E-state index is 0.204. The Hall–Kier alpha value is -2.21. The van der Waals surface area contributed by atoms with Crippen LogP contribution in [0.25, 0.3) is 10.9 Å². The minimum Gasteiger partial charge on any atom is -0.295 e. The Labute approximate surface area is 124 Å². The molecule has 21 heavy (non-hydrogen) atoms. The number of nitrogens with one attached hydrogen (secondary N) is 1. The average molecular weight is 306 g/mol. The molecule has 0 spiro atoms. The van der Waals surface area contributed by atoms with Gasteiger partial charge in [-0.05, 0) is 31.5 Å². The summed E-state index contributed by atoms with van der Waals surface area (Å²) in [5.41, 5.74) is 0.208. The van der Waals surface area contributed by atoms with Crippen LogP contribution in [0.15, 0.2) is 23.0 Å². The normalized spacial score (nSPS) is 18.9. The fourth-order valence-corrected chi connectivity index (χ4v) is 2.75. The number of hydrogen-bond donors (Lipinski definition) is 1. The van der Waals surface area contributed by atoms with Crippen molar-refractivity contribution in [3.05, 3.63) is 39.4 Å². The number of aromatic nitrogens is 2. The number of aryl methyl sites for hydroxylation is 1. The molecule has 0 radical (unpaired) electrons. The number of fused-ring (bicyclic) bond motifs is 1. The van der Waals surface area contributed by atoms with Crippen LogP contribution in [0.5, 0.6) is 0 Å². The molecule has 0 aliphatic carbocycles. The van der Waals surface area contributed by atoms with E-state index >= 15 is 0 Å². The van der Waals surface area contributed by atoms with E-state index in [0.717, 1.165) is 0 Å². The van der Waals surface area contributed by atoms with Crippen molar-refractivity contribution >= 4 is 34.3 Å². The van der Waals surface area contributed by atoms with Gasteiger partial charge in [0, 0.05) is 11.4 Å². The highest BCUT2D eigenvalue weighted by Crippen LogP contribution is 2.21. The van der Waals surface area contributed by atoms with Gasteiger partial charge in [-0.1, -0.05) is 11.6 Å². The van der Waals surface area contributed by atoms with Crippen molar-refractivity contribution in [2.75, 3.05) is 0 Å². The van der Waals surface area contributed by atoms with Gasteiger partial charge in [-0.2, -0.15) is 0 Å². The molecule has 1 aromatic heterocycles. The van der Waals surface area contributed by atoms with Gasteiger partial charge in [0.1, 0.15) is 11.9 Å². The summed E-state index contributed by atoms with van der Waals surface area (Å²) in [4.78, 5) is 40.2. The molecule has 7 heteroatoms. The summed E-state index contributed by atoms with van der Waals surface area (Å²) < 4.78 is 1.33. The van der Waals surface area contributed by atoms with Crippen LogP contribution in [0, 0.1) is 6.92 Å². The van der Waals surface area contributed by atoms with Crippen molar-refractivity contribution in [1.82, 2.24) is 14.9 Å². The molecular weight excluding hydrogens is 294 g/mol. The van der Waals surface area contributed by atoms with E-state index in [0.29, 0.717) is 28.2 Å². The van der Waals surface area contributed by atoms with Gasteiger partial charge in [0.05, 0.1) is 10.9 Å². The first-order valence-corrected chi connectivity index (χ1v) is 6.87. The topological polar surface area (TPSA) is 81.1 Å². The number of rotatable bonds is 1. The Morgan fingerprint density at radius 1 is 1.33 bits per heavy atom. The van der Waals surface area contributed by atoms with Gasteiger partial charge in [0.25, 0.3) is 5.56 Å². The third-order valence-electron chi connectivity index (χ3n) is 3.56. The molecule has 0 bridgehead atoms. The van der Waals surface area contributed by atoms with Gasteiger partial charge in [0.15, 0.2) is 0 Å². The van der Waals surface area contributed by atoms with E-state index in [4.69, 9.17) is 11.6 Å². The smallest absolute Gasteiger partial charge is 0.262 e. The molecule has 1 unspecified atom stereocenters. The first-order valence-electron chi connectivity index (χ1n) is 6.49. The number of benzene rings is 1. The van der Waals surface area contributed by atoms with Crippen molar-refractivity contribution in [2.24, 2.45) is 0 Å². The van der Waals surface area contributed by atoms with Crippen LogP contribution in [0.4, 0.5) is 0 Å². The van der Waals surface area contributed by atoms with Gasteiger partial charge in [-0.3, -0.25) is 24.3 Å². The van der Waals surface area contributed by atoms with Crippen molar-refractivity contribution in [2.45, 2.75) is 25.8 Å². The highest BCUT2D eigenvalue weighted by Gasteiger charge is 2.30. The summed E-state index contributed by atoms with van der Waals surface area (Å²) >= 11 is 5.92. The zero-order chi connectivity index (χ0) is 15.1. The van der Waals surface area contributed by atoms with E-state index in [2.05, 4.69) is 10.3 Å². The number of halogens is 1. The lowest BCUT2D eigenvalue weighted by atomic mass is 10.1. The molecule has 108 valence electrons. The Morgan fingerprint density at radius 2 is 2.10 bits per heavy atom. The third-order valence-corrected chi connectivity index (χ3v) is 3.80. The van der Waals surface area contributed by atoms with Crippen LogP contribution >= 0.6 is 11.6 Å². The number of amides is 2. The van der Waals surface area contributed by atoms with E-state index in [1.165, 1.54) is 10.6 Å². The second-order valence-corrected chi connectivity index (χ2v) is 5.40. The fourth-order valence-electron chi connectivity index (χ4n) is 2.58. The predicted octanol–water partition coefficient (Wildman–Crippen LogP) is 1.34. The van der Waals surface area contributed by atoms with Gasteiger partial charge in [-0.15, -0.1) is 0 Å². The molecule has 6 nitrogen and oxygen atoms in total. The van der Waals surface area contributed by atoms with Crippen molar-refractivity contribution in [1.29, 1.82) is 0 Å². The second kappa shape index (κ2) is 4.96. The highest BCUT2D eigenvalue weighted by atomic mass is 35.5. The van der Waals surface area contributed by atoms with Gasteiger partial charge in [0.2, 0.25) is 11.8 Å². The zero-order valence-corrected chi connectivity index (χ0v) is 12.0. The fraction of sp³-hybridized carbons (Fsp3) is 0.286. The van der Waals surface area contributed by atoms with Crippen LogP contribution in [0.1, 0.15) is 24.7 Å². The largest absolute Gasteiger partial charge is 0.295 e. The lowest BCUT2D eigenvalue weighted by Gasteiger charge is -2.24. The first kappa shape index (κ1) is 13.8. The Kier molecular flexibility index (Phi) is 3.25. The molecule has 2 heterocycles. The van der Waals surface area contributed by atoms with E-state index in [-0.39, 0.29) is 17.9 Å². The summed E-state index contributed by atoms with van der Waals surface area (Å²) in [6, 6.07) is 4.15. The molecule has 2 aromatic rings. The van der Waals surface area contributed by atoms with Crippen LogP contribution in [-0.4, -0.2) is 21.4 Å². The van der Waals surface area contributed by atoms with E-state index < -0.39 is 11.9 Å². The SMILES string of the molecule is Cc1nc2ccc(Cl)cc2c(=O)n1C1CCC(=O)NC1=O. The van der Waals surface area contributed by atoms with Gasteiger partial charge in [-0.25, -0.2) is 4.98 Å².